The fraction of sp³-hybridized carbons (Fsp3) is 0.423. The number of carbonyl (C=O) groups is 1. The fourth-order valence-corrected chi connectivity index (χ4v) is 4.52. The van der Waals surface area contributed by atoms with Crippen molar-refractivity contribution in [3.63, 3.8) is 0 Å². The van der Waals surface area contributed by atoms with Crippen LogP contribution in [0.4, 0.5) is 15.9 Å². The summed E-state index contributed by atoms with van der Waals surface area (Å²) >= 11 is 5.94. The molecule has 0 spiro atoms. The first-order valence-electron chi connectivity index (χ1n) is 12.0. The number of anilines is 2. The molecule has 190 valence electrons. The first-order valence-corrected chi connectivity index (χ1v) is 12.4. The van der Waals surface area contributed by atoms with Crippen molar-refractivity contribution < 1.29 is 23.4 Å². The molecule has 3 aromatic rings. The van der Waals surface area contributed by atoms with Gasteiger partial charge in [-0.1, -0.05) is 11.6 Å². The molecule has 1 aliphatic carbocycles. The summed E-state index contributed by atoms with van der Waals surface area (Å²) in [6.45, 7) is 5.63. The lowest BCUT2D eigenvalue weighted by Crippen LogP contribution is -2.51. The molecular weight excluding hydrogens is 487 g/mol. The van der Waals surface area contributed by atoms with Crippen LogP contribution in [0.25, 0.3) is 10.9 Å². The molecule has 1 saturated carbocycles. The lowest BCUT2D eigenvalue weighted by molar-refractivity contribution is -0.169. The maximum atomic E-state index is 13.6. The van der Waals surface area contributed by atoms with Gasteiger partial charge in [0.05, 0.1) is 23.2 Å². The van der Waals surface area contributed by atoms with Crippen molar-refractivity contribution in [1.82, 2.24) is 14.9 Å². The third kappa shape index (κ3) is 5.63. The number of hydrogen-bond acceptors (Lipinski definition) is 8. The molecule has 0 atom stereocenters. The first kappa shape index (κ1) is 24.5. The average Bonchev–Trinajstić information content (AvgIpc) is 2.78. The number of fused-ring (bicyclic) bond motifs is 1. The topological polar surface area (TPSA) is 85.8 Å². The van der Waals surface area contributed by atoms with Gasteiger partial charge < -0.3 is 19.5 Å². The van der Waals surface area contributed by atoms with Gasteiger partial charge >= 0.3 is 5.97 Å². The summed E-state index contributed by atoms with van der Waals surface area (Å²) in [4.78, 5) is 22.7. The van der Waals surface area contributed by atoms with Crippen LogP contribution in [0, 0.1) is 5.82 Å². The molecule has 2 aromatic carbocycles. The van der Waals surface area contributed by atoms with E-state index in [1.54, 1.807) is 6.07 Å². The van der Waals surface area contributed by atoms with Crippen LogP contribution in [0.2, 0.25) is 5.02 Å². The Hall–Kier alpha value is -3.17. The highest BCUT2D eigenvalue weighted by molar-refractivity contribution is 6.31. The van der Waals surface area contributed by atoms with Gasteiger partial charge in [0.2, 0.25) is 0 Å². The molecule has 0 unspecified atom stereocenters. The minimum absolute atomic E-state index is 0.0217. The molecular formula is C26H28ClFN4O4. The maximum absolute atomic E-state index is 13.6. The molecule has 1 saturated heterocycles. The number of benzene rings is 2. The monoisotopic (exact) mass is 514 g/mol. The molecule has 8 nitrogen and oxygen atoms in total. The van der Waals surface area contributed by atoms with Crippen LogP contribution < -0.4 is 14.8 Å². The Kier molecular flexibility index (Phi) is 6.85. The number of hydrogen-bond donors (Lipinski definition) is 1. The van der Waals surface area contributed by atoms with E-state index in [2.05, 4.69) is 15.3 Å². The number of carbonyl (C=O) groups excluding carboxylic acids is 1. The van der Waals surface area contributed by atoms with E-state index in [-0.39, 0.29) is 23.6 Å². The minimum atomic E-state index is -0.522. The Morgan fingerprint density at radius 2 is 2.06 bits per heavy atom. The smallest absolute Gasteiger partial charge is 0.320 e. The molecule has 5 rings (SSSR count). The molecule has 1 aromatic heterocycles. The van der Waals surface area contributed by atoms with Crippen molar-refractivity contribution in [3.05, 3.63) is 47.5 Å². The van der Waals surface area contributed by atoms with Gasteiger partial charge in [-0.15, -0.1) is 0 Å². The van der Waals surface area contributed by atoms with Crippen molar-refractivity contribution in [2.24, 2.45) is 0 Å². The maximum Gasteiger partial charge on any atom is 0.320 e. The SMILES string of the molecule is CC1(C)CN(CCOc2cc3ncnc(Nc4ccc(F)c(Cl)c4)c3cc2OC2CCC2)CC(=O)O1. The van der Waals surface area contributed by atoms with E-state index >= 15 is 0 Å². The summed E-state index contributed by atoms with van der Waals surface area (Å²) < 4.78 is 31.4. The quantitative estimate of drug-likeness (QED) is 0.415. The predicted molar refractivity (Wildman–Crippen MR) is 135 cm³/mol. The molecule has 1 N–H and O–H groups in total. The second-order valence-corrected chi connectivity index (χ2v) is 10.2. The van der Waals surface area contributed by atoms with Crippen molar-refractivity contribution in [3.8, 4) is 11.5 Å². The van der Waals surface area contributed by atoms with Gasteiger partial charge in [0.1, 0.15) is 30.2 Å². The van der Waals surface area contributed by atoms with Crippen molar-refractivity contribution in [2.75, 3.05) is 31.6 Å². The zero-order valence-electron chi connectivity index (χ0n) is 20.2. The molecule has 1 aliphatic heterocycles. The van der Waals surface area contributed by atoms with Crippen LogP contribution in [-0.4, -0.2) is 58.8 Å². The number of esters is 1. The highest BCUT2D eigenvalue weighted by Gasteiger charge is 2.32. The van der Waals surface area contributed by atoms with Crippen molar-refractivity contribution >= 4 is 40.0 Å². The number of morpholine rings is 1. The number of halogens is 2. The van der Waals surface area contributed by atoms with Crippen LogP contribution in [0.5, 0.6) is 11.5 Å². The van der Waals surface area contributed by atoms with Crippen LogP contribution in [0.1, 0.15) is 33.1 Å². The zero-order valence-corrected chi connectivity index (χ0v) is 21.0. The van der Waals surface area contributed by atoms with E-state index in [4.69, 9.17) is 25.8 Å². The summed E-state index contributed by atoms with van der Waals surface area (Å²) in [6, 6.07) is 8.11. The predicted octanol–water partition coefficient (Wildman–Crippen LogP) is 5.11. The number of cyclic esters (lactones) is 1. The molecule has 0 radical (unpaired) electrons. The second kappa shape index (κ2) is 10.1. The minimum Gasteiger partial charge on any atom is -0.488 e. The van der Waals surface area contributed by atoms with Crippen molar-refractivity contribution in [2.45, 2.75) is 44.8 Å². The van der Waals surface area contributed by atoms with Gasteiger partial charge in [0.25, 0.3) is 0 Å². The van der Waals surface area contributed by atoms with Crippen LogP contribution in [0.15, 0.2) is 36.7 Å². The highest BCUT2D eigenvalue weighted by Crippen LogP contribution is 2.38. The molecule has 10 heteroatoms. The van der Waals surface area contributed by atoms with Gasteiger partial charge in [-0.3, -0.25) is 9.69 Å². The van der Waals surface area contributed by atoms with E-state index in [1.807, 2.05) is 30.9 Å². The standard InChI is InChI=1S/C26H28ClFN4O4/c1-26(2)14-32(13-24(33)36-26)8-9-34-22-12-21-18(11-23(22)35-17-4-3-5-17)25(30-15-29-21)31-16-6-7-20(28)19(27)10-16/h6-7,10-12,15,17H,3-5,8-9,13-14H2,1-2H3,(H,29,30,31). The normalized spacial score (nSPS) is 17.9. The summed E-state index contributed by atoms with van der Waals surface area (Å²) in [5, 5.41) is 3.95. The van der Waals surface area contributed by atoms with Crippen LogP contribution in [0.3, 0.4) is 0 Å². The second-order valence-electron chi connectivity index (χ2n) is 9.76. The average molecular weight is 515 g/mol. The molecule has 2 aliphatic rings. The molecule has 2 heterocycles. The summed E-state index contributed by atoms with van der Waals surface area (Å²) in [6.07, 6.45) is 4.71. The fourth-order valence-electron chi connectivity index (χ4n) is 4.34. The number of nitrogens with one attached hydrogen (secondary N) is 1. The van der Waals surface area contributed by atoms with E-state index in [1.165, 1.54) is 18.5 Å². The third-order valence-corrected chi connectivity index (χ3v) is 6.53. The summed E-state index contributed by atoms with van der Waals surface area (Å²) in [5.41, 5.74) is 0.747. The third-order valence-electron chi connectivity index (χ3n) is 6.24. The van der Waals surface area contributed by atoms with Gasteiger partial charge in [-0.2, -0.15) is 0 Å². The van der Waals surface area contributed by atoms with Gasteiger partial charge in [0, 0.05) is 30.2 Å². The largest absolute Gasteiger partial charge is 0.488 e. The van der Waals surface area contributed by atoms with E-state index in [9.17, 15) is 9.18 Å². The number of ether oxygens (including phenoxy) is 3. The van der Waals surface area contributed by atoms with E-state index in [0.29, 0.717) is 48.2 Å². The Labute approximate surface area is 213 Å². The summed E-state index contributed by atoms with van der Waals surface area (Å²) in [5.74, 6) is 1.02. The van der Waals surface area contributed by atoms with Gasteiger partial charge in [0.15, 0.2) is 11.5 Å². The van der Waals surface area contributed by atoms with Crippen LogP contribution in [-0.2, 0) is 9.53 Å². The lowest BCUT2D eigenvalue weighted by Gasteiger charge is -2.37. The Balaban J connectivity index is 1.38. The van der Waals surface area contributed by atoms with Crippen molar-refractivity contribution in [1.29, 1.82) is 0 Å². The van der Waals surface area contributed by atoms with E-state index < -0.39 is 11.4 Å². The number of aromatic nitrogens is 2. The Bertz CT molecular complexity index is 1280. The highest BCUT2D eigenvalue weighted by atomic mass is 35.5. The lowest BCUT2D eigenvalue weighted by atomic mass is 9.96. The number of rotatable bonds is 8. The zero-order chi connectivity index (χ0) is 25.3. The summed E-state index contributed by atoms with van der Waals surface area (Å²) in [7, 11) is 0. The Morgan fingerprint density at radius 3 is 2.78 bits per heavy atom. The molecule has 36 heavy (non-hydrogen) atoms. The van der Waals surface area contributed by atoms with Crippen LogP contribution >= 0.6 is 11.6 Å². The Morgan fingerprint density at radius 1 is 1.22 bits per heavy atom. The van der Waals surface area contributed by atoms with E-state index in [0.717, 1.165) is 24.6 Å². The van der Waals surface area contributed by atoms with Gasteiger partial charge in [-0.05, 0) is 57.4 Å². The number of nitrogens with zero attached hydrogens (tertiary/aromatic N) is 3. The molecule has 2 fully saturated rings. The first-order chi connectivity index (χ1) is 17.3. The molecule has 0 bridgehead atoms. The van der Waals surface area contributed by atoms with Gasteiger partial charge in [-0.25, -0.2) is 14.4 Å². The molecule has 0 amide bonds.